The molecule has 0 aliphatic heterocycles. The molecule has 0 saturated carbocycles. The van der Waals surface area contributed by atoms with Crippen molar-refractivity contribution in [3.8, 4) is 0 Å². The van der Waals surface area contributed by atoms with Gasteiger partial charge in [-0.15, -0.1) is 4.91 Å². The Morgan fingerprint density at radius 3 is 3.18 bits per heavy atom. The van der Waals surface area contributed by atoms with Crippen LogP contribution >= 0.6 is 0 Å². The summed E-state index contributed by atoms with van der Waals surface area (Å²) in [6.07, 6.45) is 1.57. The van der Waals surface area contributed by atoms with Gasteiger partial charge in [0.15, 0.2) is 17.3 Å². The first-order valence-electron chi connectivity index (χ1n) is 3.22. The summed E-state index contributed by atoms with van der Waals surface area (Å²) in [5.74, 6) is 0.520. The first kappa shape index (κ1) is 7.64. The zero-order valence-corrected chi connectivity index (χ0v) is 6.02. The lowest BCUT2D eigenvalue weighted by Crippen LogP contribution is -2.00. The monoisotopic (exact) mass is 156 g/mol. The smallest absolute Gasteiger partial charge is 0.189 e. The fourth-order valence-electron chi connectivity index (χ4n) is 0.740. The van der Waals surface area contributed by atoms with E-state index in [0.29, 0.717) is 12.2 Å². The standard InChI is InChI=1S/C5H8N4O2/c1-2-4(11-9-10)5-6-3-7-8-5/h3-4H,2H2,1H3,(H,6,7,8). The maximum Gasteiger partial charge on any atom is 0.189 e. The second-order valence-electron chi connectivity index (χ2n) is 1.95. The van der Waals surface area contributed by atoms with Crippen LogP contribution in [0.4, 0.5) is 0 Å². The molecule has 0 aliphatic rings. The molecule has 6 nitrogen and oxygen atoms in total. The van der Waals surface area contributed by atoms with Gasteiger partial charge in [0.05, 0.1) is 0 Å². The Kier molecular flexibility index (Phi) is 2.53. The van der Waals surface area contributed by atoms with Crippen molar-refractivity contribution in [1.29, 1.82) is 0 Å². The molecule has 0 aromatic carbocycles. The van der Waals surface area contributed by atoms with Gasteiger partial charge in [0, 0.05) is 0 Å². The maximum atomic E-state index is 9.74. The SMILES string of the molecule is CCC(ON=O)c1ncn[nH]1. The van der Waals surface area contributed by atoms with Crippen LogP contribution in [0.5, 0.6) is 0 Å². The molecule has 0 saturated heterocycles. The highest BCUT2D eigenvalue weighted by Gasteiger charge is 2.13. The predicted molar refractivity (Wildman–Crippen MR) is 36.3 cm³/mol. The van der Waals surface area contributed by atoms with Gasteiger partial charge in [-0.25, -0.2) is 4.98 Å². The molecule has 1 atom stereocenters. The first-order chi connectivity index (χ1) is 5.38. The number of rotatable bonds is 4. The van der Waals surface area contributed by atoms with Gasteiger partial charge in [0.1, 0.15) is 6.33 Å². The summed E-state index contributed by atoms with van der Waals surface area (Å²) in [6.45, 7) is 1.86. The van der Waals surface area contributed by atoms with E-state index >= 15 is 0 Å². The lowest BCUT2D eigenvalue weighted by atomic mass is 10.3. The van der Waals surface area contributed by atoms with Gasteiger partial charge in [-0.3, -0.25) is 5.10 Å². The summed E-state index contributed by atoms with van der Waals surface area (Å²) in [6, 6.07) is 0. The van der Waals surface area contributed by atoms with Gasteiger partial charge < -0.3 is 4.84 Å². The van der Waals surface area contributed by atoms with E-state index in [4.69, 9.17) is 0 Å². The van der Waals surface area contributed by atoms with E-state index in [2.05, 4.69) is 25.4 Å². The van der Waals surface area contributed by atoms with Gasteiger partial charge in [-0.2, -0.15) is 5.10 Å². The van der Waals surface area contributed by atoms with Crippen LogP contribution in [-0.2, 0) is 4.84 Å². The molecule has 0 spiro atoms. The topological polar surface area (TPSA) is 80.2 Å². The van der Waals surface area contributed by atoms with Crippen LogP contribution in [0, 0.1) is 4.91 Å². The van der Waals surface area contributed by atoms with Crippen molar-refractivity contribution in [2.75, 3.05) is 0 Å². The van der Waals surface area contributed by atoms with Crippen molar-refractivity contribution >= 4 is 0 Å². The molecule has 0 amide bonds. The number of aromatic nitrogens is 3. The molecular formula is C5H8N4O2. The summed E-state index contributed by atoms with van der Waals surface area (Å²) in [5.41, 5.74) is 0. The van der Waals surface area contributed by atoms with E-state index < -0.39 is 6.10 Å². The second-order valence-corrected chi connectivity index (χ2v) is 1.95. The van der Waals surface area contributed by atoms with Crippen LogP contribution in [0.25, 0.3) is 0 Å². The minimum Gasteiger partial charge on any atom is -0.353 e. The molecule has 11 heavy (non-hydrogen) atoms. The molecule has 1 aromatic rings. The van der Waals surface area contributed by atoms with E-state index in [1.54, 1.807) is 0 Å². The Labute approximate surface area is 62.9 Å². The molecule has 1 heterocycles. The molecule has 1 N–H and O–H groups in total. The van der Waals surface area contributed by atoms with E-state index in [1.165, 1.54) is 6.33 Å². The highest BCUT2D eigenvalue weighted by atomic mass is 16.7. The molecule has 60 valence electrons. The van der Waals surface area contributed by atoms with E-state index in [1.807, 2.05) is 6.92 Å². The van der Waals surface area contributed by atoms with Crippen LogP contribution < -0.4 is 0 Å². The van der Waals surface area contributed by atoms with Crippen LogP contribution in [0.3, 0.4) is 0 Å². The number of aromatic amines is 1. The van der Waals surface area contributed by atoms with Gasteiger partial charge in [0.2, 0.25) is 0 Å². The molecule has 0 bridgehead atoms. The molecule has 0 aliphatic carbocycles. The van der Waals surface area contributed by atoms with Crippen molar-refractivity contribution < 1.29 is 4.84 Å². The molecular weight excluding hydrogens is 148 g/mol. The van der Waals surface area contributed by atoms with E-state index in [-0.39, 0.29) is 0 Å². The van der Waals surface area contributed by atoms with Crippen LogP contribution in [-0.4, -0.2) is 15.2 Å². The summed E-state index contributed by atoms with van der Waals surface area (Å²) in [7, 11) is 0. The third kappa shape index (κ3) is 1.73. The van der Waals surface area contributed by atoms with Gasteiger partial charge in [-0.1, -0.05) is 6.92 Å². The number of nitrogens with zero attached hydrogens (tertiary/aromatic N) is 3. The number of hydrogen-bond donors (Lipinski definition) is 1. The van der Waals surface area contributed by atoms with Crippen LogP contribution in [0.2, 0.25) is 0 Å². The average molecular weight is 156 g/mol. The molecule has 0 fully saturated rings. The largest absolute Gasteiger partial charge is 0.353 e. The van der Waals surface area contributed by atoms with Crippen molar-refractivity contribution in [1.82, 2.24) is 15.2 Å². The predicted octanol–water partition coefficient (Wildman–Crippen LogP) is 0.954. The van der Waals surface area contributed by atoms with Gasteiger partial charge in [0.25, 0.3) is 0 Å². The molecule has 6 heteroatoms. The van der Waals surface area contributed by atoms with Crippen molar-refractivity contribution in [2.24, 2.45) is 5.34 Å². The Morgan fingerprint density at radius 2 is 2.73 bits per heavy atom. The normalized spacial score (nSPS) is 12.5. The second kappa shape index (κ2) is 3.65. The Balaban J connectivity index is 2.62. The van der Waals surface area contributed by atoms with Crippen molar-refractivity contribution in [3.05, 3.63) is 17.1 Å². The van der Waals surface area contributed by atoms with E-state index in [0.717, 1.165) is 0 Å². The van der Waals surface area contributed by atoms with Crippen molar-refractivity contribution in [3.63, 3.8) is 0 Å². The van der Waals surface area contributed by atoms with Crippen LogP contribution in [0.15, 0.2) is 11.7 Å². The molecule has 1 rings (SSSR count). The Bertz CT molecular complexity index is 210. The third-order valence-corrected chi connectivity index (χ3v) is 1.28. The molecule has 1 unspecified atom stereocenters. The minimum absolute atomic E-state index is 0.407. The third-order valence-electron chi connectivity index (χ3n) is 1.28. The molecule has 0 radical (unpaired) electrons. The summed E-state index contributed by atoms with van der Waals surface area (Å²) >= 11 is 0. The van der Waals surface area contributed by atoms with Gasteiger partial charge in [-0.05, 0) is 6.42 Å². The Hall–Kier alpha value is -1.46. The Morgan fingerprint density at radius 1 is 1.91 bits per heavy atom. The lowest BCUT2D eigenvalue weighted by molar-refractivity contribution is 0.0460. The fraction of sp³-hybridized carbons (Fsp3) is 0.600. The first-order valence-corrected chi connectivity index (χ1v) is 3.22. The lowest BCUT2D eigenvalue weighted by Gasteiger charge is -2.04. The maximum absolute atomic E-state index is 9.74. The van der Waals surface area contributed by atoms with Crippen LogP contribution in [0.1, 0.15) is 25.3 Å². The van der Waals surface area contributed by atoms with E-state index in [9.17, 15) is 4.91 Å². The number of nitrogens with one attached hydrogen (secondary N) is 1. The minimum atomic E-state index is -0.407. The summed E-state index contributed by atoms with van der Waals surface area (Å²) in [5, 5.41) is 8.53. The van der Waals surface area contributed by atoms with Crippen molar-refractivity contribution in [2.45, 2.75) is 19.4 Å². The number of H-pyrrole nitrogens is 1. The number of hydrogen-bond acceptors (Lipinski definition) is 5. The quantitative estimate of drug-likeness (QED) is 0.519. The zero-order valence-electron chi connectivity index (χ0n) is 6.02. The highest BCUT2D eigenvalue weighted by molar-refractivity contribution is 4.85. The summed E-state index contributed by atoms with van der Waals surface area (Å²) in [4.78, 5) is 18.0. The fourth-order valence-corrected chi connectivity index (χ4v) is 0.740. The zero-order chi connectivity index (χ0) is 8.10. The van der Waals surface area contributed by atoms with Gasteiger partial charge >= 0.3 is 0 Å². The molecule has 1 aromatic heterocycles. The highest BCUT2D eigenvalue weighted by Crippen LogP contribution is 2.15. The average Bonchev–Trinajstić information content (AvgIpc) is 2.52. The summed E-state index contributed by atoms with van der Waals surface area (Å²) < 4.78 is 0.